The number of nitrogens with two attached hydrogens (primary N) is 1. The van der Waals surface area contributed by atoms with Crippen molar-refractivity contribution in [1.29, 1.82) is 0 Å². The predicted octanol–water partition coefficient (Wildman–Crippen LogP) is 2.31. The van der Waals surface area contributed by atoms with Crippen molar-refractivity contribution < 1.29 is 4.74 Å². The van der Waals surface area contributed by atoms with Crippen LogP contribution in [-0.2, 0) is 11.3 Å². The van der Waals surface area contributed by atoms with Gasteiger partial charge in [-0.3, -0.25) is 0 Å². The largest absolute Gasteiger partial charge is 0.383 e. The van der Waals surface area contributed by atoms with Crippen molar-refractivity contribution in [2.24, 2.45) is 5.73 Å². The van der Waals surface area contributed by atoms with E-state index in [1.54, 1.807) is 7.11 Å². The third-order valence-corrected chi connectivity index (χ3v) is 3.04. The van der Waals surface area contributed by atoms with Crippen LogP contribution < -0.4 is 10.6 Å². The van der Waals surface area contributed by atoms with Gasteiger partial charge in [0.25, 0.3) is 0 Å². The van der Waals surface area contributed by atoms with Gasteiger partial charge in [-0.25, -0.2) is 0 Å². The molecule has 0 radical (unpaired) electrons. The van der Waals surface area contributed by atoms with Crippen LogP contribution in [0, 0.1) is 6.92 Å². The normalized spacial score (nSPS) is 10.9. The van der Waals surface area contributed by atoms with Crippen molar-refractivity contribution in [2.75, 3.05) is 25.2 Å². The number of hydrogen-bond acceptors (Lipinski definition) is 3. The SMILES string of the molecule is COCCN(c1ccc(CN)c(C)c1)C(C)C. The van der Waals surface area contributed by atoms with Gasteiger partial charge in [0.2, 0.25) is 0 Å². The number of ether oxygens (including phenoxy) is 1. The molecule has 0 saturated carbocycles. The van der Waals surface area contributed by atoms with Gasteiger partial charge in [0, 0.05) is 31.9 Å². The van der Waals surface area contributed by atoms with Gasteiger partial charge in [0.1, 0.15) is 0 Å². The summed E-state index contributed by atoms with van der Waals surface area (Å²) in [4.78, 5) is 2.34. The van der Waals surface area contributed by atoms with Crippen molar-refractivity contribution in [2.45, 2.75) is 33.4 Å². The number of nitrogens with zero attached hydrogens (tertiary/aromatic N) is 1. The van der Waals surface area contributed by atoms with Gasteiger partial charge >= 0.3 is 0 Å². The second-order valence-corrected chi connectivity index (χ2v) is 4.59. The average Bonchev–Trinajstić information content (AvgIpc) is 2.29. The van der Waals surface area contributed by atoms with Crippen LogP contribution in [0.3, 0.4) is 0 Å². The Kier molecular flexibility index (Phi) is 5.45. The summed E-state index contributed by atoms with van der Waals surface area (Å²) in [5, 5.41) is 0. The van der Waals surface area contributed by atoms with Crippen LogP contribution >= 0.6 is 0 Å². The lowest BCUT2D eigenvalue weighted by Crippen LogP contribution is -2.33. The van der Waals surface area contributed by atoms with Gasteiger partial charge in [0.05, 0.1) is 6.61 Å². The van der Waals surface area contributed by atoms with E-state index in [0.717, 1.165) is 13.2 Å². The monoisotopic (exact) mass is 236 g/mol. The number of methoxy groups -OCH3 is 1. The molecule has 0 amide bonds. The maximum Gasteiger partial charge on any atom is 0.0637 e. The molecular formula is C14H24N2O. The maximum absolute atomic E-state index is 5.68. The van der Waals surface area contributed by atoms with Crippen LogP contribution in [0.4, 0.5) is 5.69 Å². The van der Waals surface area contributed by atoms with E-state index in [2.05, 4.69) is 43.9 Å². The number of anilines is 1. The zero-order valence-electron chi connectivity index (χ0n) is 11.4. The van der Waals surface area contributed by atoms with E-state index >= 15 is 0 Å². The topological polar surface area (TPSA) is 38.5 Å². The molecule has 3 heteroatoms. The molecule has 0 fully saturated rings. The third-order valence-electron chi connectivity index (χ3n) is 3.04. The molecule has 0 aliphatic rings. The van der Waals surface area contributed by atoms with Gasteiger partial charge in [-0.05, 0) is 44.0 Å². The molecule has 96 valence electrons. The van der Waals surface area contributed by atoms with Gasteiger partial charge in [-0.2, -0.15) is 0 Å². The highest BCUT2D eigenvalue weighted by Crippen LogP contribution is 2.20. The molecule has 17 heavy (non-hydrogen) atoms. The summed E-state index contributed by atoms with van der Waals surface area (Å²) >= 11 is 0. The summed E-state index contributed by atoms with van der Waals surface area (Å²) in [6, 6.07) is 6.93. The molecule has 0 aliphatic heterocycles. The van der Waals surface area contributed by atoms with Crippen molar-refractivity contribution in [1.82, 2.24) is 0 Å². The summed E-state index contributed by atoms with van der Waals surface area (Å²) in [6.45, 7) is 8.77. The minimum absolute atomic E-state index is 0.466. The van der Waals surface area contributed by atoms with E-state index in [-0.39, 0.29) is 0 Å². The van der Waals surface area contributed by atoms with Gasteiger partial charge in [-0.1, -0.05) is 6.07 Å². The fourth-order valence-corrected chi connectivity index (χ4v) is 1.96. The Morgan fingerprint density at radius 3 is 2.53 bits per heavy atom. The quantitative estimate of drug-likeness (QED) is 0.823. The summed E-state index contributed by atoms with van der Waals surface area (Å²) < 4.78 is 5.16. The Balaban J connectivity index is 2.90. The van der Waals surface area contributed by atoms with Crippen LogP contribution in [0.5, 0.6) is 0 Å². The minimum Gasteiger partial charge on any atom is -0.383 e. The van der Waals surface area contributed by atoms with E-state index in [0.29, 0.717) is 12.6 Å². The van der Waals surface area contributed by atoms with E-state index in [1.165, 1.54) is 16.8 Å². The fourth-order valence-electron chi connectivity index (χ4n) is 1.96. The Morgan fingerprint density at radius 1 is 1.35 bits per heavy atom. The van der Waals surface area contributed by atoms with Crippen LogP contribution in [0.1, 0.15) is 25.0 Å². The van der Waals surface area contributed by atoms with Crippen molar-refractivity contribution >= 4 is 5.69 Å². The Morgan fingerprint density at radius 2 is 2.06 bits per heavy atom. The number of aryl methyl sites for hydroxylation is 1. The Hall–Kier alpha value is -1.06. The molecule has 0 bridgehead atoms. The molecular weight excluding hydrogens is 212 g/mol. The summed E-state index contributed by atoms with van der Waals surface area (Å²) in [5.41, 5.74) is 9.40. The van der Waals surface area contributed by atoms with Crippen LogP contribution in [0.25, 0.3) is 0 Å². The number of benzene rings is 1. The lowest BCUT2D eigenvalue weighted by atomic mass is 10.1. The zero-order valence-corrected chi connectivity index (χ0v) is 11.4. The van der Waals surface area contributed by atoms with Crippen molar-refractivity contribution in [3.05, 3.63) is 29.3 Å². The smallest absolute Gasteiger partial charge is 0.0637 e. The van der Waals surface area contributed by atoms with E-state index < -0.39 is 0 Å². The Labute approximate surface area is 105 Å². The molecule has 0 spiro atoms. The molecule has 0 atom stereocenters. The summed E-state index contributed by atoms with van der Waals surface area (Å²) in [5.74, 6) is 0. The molecule has 0 aromatic heterocycles. The van der Waals surface area contributed by atoms with E-state index in [9.17, 15) is 0 Å². The van der Waals surface area contributed by atoms with E-state index in [1.807, 2.05) is 0 Å². The molecule has 1 aromatic carbocycles. The lowest BCUT2D eigenvalue weighted by Gasteiger charge is -2.29. The number of hydrogen-bond donors (Lipinski definition) is 1. The van der Waals surface area contributed by atoms with Crippen molar-refractivity contribution in [3.63, 3.8) is 0 Å². The first-order valence-electron chi connectivity index (χ1n) is 6.15. The number of rotatable bonds is 6. The molecule has 0 aliphatic carbocycles. The highest BCUT2D eigenvalue weighted by atomic mass is 16.5. The van der Waals surface area contributed by atoms with Crippen LogP contribution in [0.2, 0.25) is 0 Å². The Bertz CT molecular complexity index is 350. The highest BCUT2D eigenvalue weighted by Gasteiger charge is 2.11. The highest BCUT2D eigenvalue weighted by molar-refractivity contribution is 5.51. The maximum atomic E-state index is 5.68. The predicted molar refractivity (Wildman–Crippen MR) is 73.4 cm³/mol. The molecule has 0 heterocycles. The fraction of sp³-hybridized carbons (Fsp3) is 0.571. The summed E-state index contributed by atoms with van der Waals surface area (Å²) in [6.07, 6.45) is 0. The first-order chi connectivity index (χ1) is 8.10. The molecule has 3 nitrogen and oxygen atoms in total. The standard InChI is InChI=1S/C14H24N2O/c1-11(2)16(7-8-17-4)14-6-5-13(10-15)12(3)9-14/h5-6,9,11H,7-8,10,15H2,1-4H3. The molecule has 0 saturated heterocycles. The lowest BCUT2D eigenvalue weighted by molar-refractivity contribution is 0.204. The molecule has 1 aromatic rings. The van der Waals surface area contributed by atoms with E-state index in [4.69, 9.17) is 10.5 Å². The third kappa shape index (κ3) is 3.72. The molecule has 2 N–H and O–H groups in total. The van der Waals surface area contributed by atoms with Crippen LogP contribution in [0.15, 0.2) is 18.2 Å². The van der Waals surface area contributed by atoms with Gasteiger partial charge < -0.3 is 15.4 Å². The van der Waals surface area contributed by atoms with Crippen molar-refractivity contribution in [3.8, 4) is 0 Å². The van der Waals surface area contributed by atoms with Gasteiger partial charge in [-0.15, -0.1) is 0 Å². The summed E-state index contributed by atoms with van der Waals surface area (Å²) in [7, 11) is 1.74. The van der Waals surface area contributed by atoms with Crippen LogP contribution in [-0.4, -0.2) is 26.3 Å². The first kappa shape index (κ1) is 14.0. The second kappa shape index (κ2) is 6.62. The minimum atomic E-state index is 0.466. The first-order valence-corrected chi connectivity index (χ1v) is 6.15. The zero-order chi connectivity index (χ0) is 12.8. The molecule has 0 unspecified atom stereocenters. The second-order valence-electron chi connectivity index (χ2n) is 4.59. The molecule has 1 rings (SSSR count). The van der Waals surface area contributed by atoms with Gasteiger partial charge in [0.15, 0.2) is 0 Å². The average molecular weight is 236 g/mol.